The average molecular weight is 658 g/mol. The number of fused-ring (bicyclic) bond motifs is 6. The van der Waals surface area contributed by atoms with Crippen molar-refractivity contribution in [3.05, 3.63) is 186 Å². The number of rotatable bonds is 3. The first-order valence-corrected chi connectivity index (χ1v) is 18.0. The van der Waals surface area contributed by atoms with Crippen molar-refractivity contribution in [3.8, 4) is 11.1 Å². The summed E-state index contributed by atoms with van der Waals surface area (Å²) in [6.45, 7) is 9.41. The van der Waals surface area contributed by atoms with Gasteiger partial charge in [0.25, 0.3) is 0 Å². The molecule has 0 fully saturated rings. The molecule has 0 bridgehead atoms. The smallest absolute Gasteiger partial charge is 0.0744 e. The summed E-state index contributed by atoms with van der Waals surface area (Å²) in [5.41, 5.74) is 18.3. The highest BCUT2D eigenvalue weighted by molar-refractivity contribution is 6.06. The van der Waals surface area contributed by atoms with Crippen LogP contribution in [0.1, 0.15) is 49.9 Å². The number of hydrogen-bond donors (Lipinski definition) is 0. The quantitative estimate of drug-likeness (QED) is 0.187. The number of anilines is 9. The molecule has 0 amide bonds. The topological polar surface area (TPSA) is 9.72 Å². The van der Waals surface area contributed by atoms with Crippen LogP contribution in [0.4, 0.5) is 51.2 Å². The number of hydrogen-bond acceptors (Lipinski definition) is 3. The van der Waals surface area contributed by atoms with Crippen LogP contribution in [-0.2, 0) is 10.8 Å². The van der Waals surface area contributed by atoms with E-state index in [9.17, 15) is 0 Å². The Kier molecular flexibility index (Phi) is 6.27. The minimum absolute atomic E-state index is 0.0928. The molecule has 7 aromatic rings. The largest absolute Gasteiger partial charge is 0.310 e. The van der Waals surface area contributed by atoms with Crippen LogP contribution in [0.5, 0.6) is 0 Å². The van der Waals surface area contributed by atoms with Crippen molar-refractivity contribution in [1.82, 2.24) is 0 Å². The van der Waals surface area contributed by atoms with Gasteiger partial charge in [0, 0.05) is 22.2 Å². The lowest BCUT2D eigenvalue weighted by atomic mass is 9.72. The van der Waals surface area contributed by atoms with E-state index in [1.165, 1.54) is 67.5 Å². The lowest BCUT2D eigenvalue weighted by molar-refractivity contribution is 0.631. The molecule has 0 saturated carbocycles. The molecule has 0 aliphatic carbocycles. The molecule has 0 atom stereocenters. The fourth-order valence-electron chi connectivity index (χ4n) is 8.97. The Labute approximate surface area is 300 Å². The van der Waals surface area contributed by atoms with Crippen LogP contribution in [0.15, 0.2) is 164 Å². The standard InChI is InChI=1S/C48H39N3/c1-47(2)36-17-8-11-21-40(36)49(41-22-12-9-18-37(41)47)34-26-28-35(29-27-34)50-43-30-25-33(32-15-6-5-7-16-32)31-45(43)51-42-23-13-10-19-38(42)48(3,4)39-20-14-24-44(50)46(39)51/h5-31H,1-4H3. The summed E-state index contributed by atoms with van der Waals surface area (Å²) < 4.78 is 0. The zero-order chi connectivity index (χ0) is 34.5. The molecular weight excluding hydrogens is 619 g/mol. The Morgan fingerprint density at radius 3 is 1.35 bits per heavy atom. The minimum Gasteiger partial charge on any atom is -0.310 e. The van der Waals surface area contributed by atoms with Crippen LogP contribution in [0, 0.1) is 0 Å². The maximum atomic E-state index is 2.52. The van der Waals surface area contributed by atoms with E-state index in [4.69, 9.17) is 0 Å². The van der Waals surface area contributed by atoms with Crippen LogP contribution < -0.4 is 14.7 Å². The molecule has 7 aromatic carbocycles. The Balaban J connectivity index is 1.17. The maximum Gasteiger partial charge on any atom is 0.0744 e. The lowest BCUT2D eigenvalue weighted by Crippen LogP contribution is -2.34. The van der Waals surface area contributed by atoms with Gasteiger partial charge in [-0.15, -0.1) is 0 Å². The molecule has 3 heterocycles. The summed E-state index contributed by atoms with van der Waals surface area (Å²) in [5, 5.41) is 0. The first-order chi connectivity index (χ1) is 24.8. The van der Waals surface area contributed by atoms with Crippen LogP contribution in [-0.4, -0.2) is 0 Å². The van der Waals surface area contributed by atoms with Gasteiger partial charge in [0.1, 0.15) is 0 Å². The van der Waals surface area contributed by atoms with E-state index in [0.717, 1.165) is 17.1 Å². The summed E-state index contributed by atoms with van der Waals surface area (Å²) >= 11 is 0. The van der Waals surface area contributed by atoms with Crippen molar-refractivity contribution >= 4 is 51.2 Å². The molecule has 10 rings (SSSR count). The number of para-hydroxylation sites is 4. The molecule has 3 nitrogen and oxygen atoms in total. The van der Waals surface area contributed by atoms with Gasteiger partial charge in [-0.1, -0.05) is 131 Å². The van der Waals surface area contributed by atoms with E-state index in [1.807, 2.05) is 0 Å². The highest BCUT2D eigenvalue weighted by Gasteiger charge is 2.43. The highest BCUT2D eigenvalue weighted by atomic mass is 15.3. The van der Waals surface area contributed by atoms with Gasteiger partial charge in [-0.2, -0.15) is 0 Å². The van der Waals surface area contributed by atoms with Crippen LogP contribution in [0.3, 0.4) is 0 Å². The SMILES string of the molecule is CC1(C)c2ccccc2N(c2ccc(N3c4ccc(-c5ccccc5)cc4N4c5ccccc5C(C)(C)c5cccc3c54)cc2)c2ccccc21. The second-order valence-corrected chi connectivity index (χ2v) is 15.1. The molecule has 0 radical (unpaired) electrons. The molecular formula is C48H39N3. The van der Waals surface area contributed by atoms with E-state index in [2.05, 4.69) is 206 Å². The predicted molar refractivity (Wildman–Crippen MR) is 214 cm³/mol. The summed E-state index contributed by atoms with van der Waals surface area (Å²) in [4.78, 5) is 7.41. The third kappa shape index (κ3) is 4.18. The maximum absolute atomic E-state index is 2.52. The minimum atomic E-state index is -0.161. The Bertz CT molecular complexity index is 2440. The molecule has 0 saturated heterocycles. The molecule has 3 aliphatic rings. The van der Waals surface area contributed by atoms with E-state index >= 15 is 0 Å². The molecule has 3 aliphatic heterocycles. The molecule has 0 unspecified atom stereocenters. The fourth-order valence-corrected chi connectivity index (χ4v) is 8.97. The third-order valence-electron chi connectivity index (χ3n) is 11.5. The number of benzene rings is 7. The second kappa shape index (κ2) is 10.7. The lowest BCUT2D eigenvalue weighted by Gasteiger charge is -2.48. The van der Waals surface area contributed by atoms with Crippen molar-refractivity contribution in [2.45, 2.75) is 38.5 Å². The zero-order valence-corrected chi connectivity index (χ0v) is 29.4. The van der Waals surface area contributed by atoms with Crippen molar-refractivity contribution in [3.63, 3.8) is 0 Å². The van der Waals surface area contributed by atoms with Gasteiger partial charge >= 0.3 is 0 Å². The fraction of sp³-hybridized carbons (Fsp3) is 0.125. The van der Waals surface area contributed by atoms with Gasteiger partial charge in [-0.25, -0.2) is 0 Å². The summed E-state index contributed by atoms with van der Waals surface area (Å²) in [5.74, 6) is 0. The molecule has 0 N–H and O–H groups in total. The first-order valence-electron chi connectivity index (χ1n) is 18.0. The Morgan fingerprint density at radius 1 is 0.314 bits per heavy atom. The predicted octanol–water partition coefficient (Wildman–Crippen LogP) is 13.4. The van der Waals surface area contributed by atoms with Crippen LogP contribution >= 0.6 is 0 Å². The molecule has 246 valence electrons. The third-order valence-corrected chi connectivity index (χ3v) is 11.5. The van der Waals surface area contributed by atoms with E-state index in [-0.39, 0.29) is 10.8 Å². The monoisotopic (exact) mass is 657 g/mol. The highest BCUT2D eigenvalue weighted by Crippen LogP contribution is 2.62. The average Bonchev–Trinajstić information content (AvgIpc) is 3.17. The van der Waals surface area contributed by atoms with Crippen LogP contribution in [0.25, 0.3) is 11.1 Å². The first kappa shape index (κ1) is 29.8. The van der Waals surface area contributed by atoms with E-state index in [1.54, 1.807) is 0 Å². The summed E-state index contributed by atoms with van der Waals surface area (Å²) in [6, 6.07) is 60.4. The normalized spacial score (nSPS) is 15.6. The number of nitrogens with zero attached hydrogens (tertiary/aromatic N) is 3. The van der Waals surface area contributed by atoms with Gasteiger partial charge in [0.05, 0.1) is 39.8 Å². The van der Waals surface area contributed by atoms with Gasteiger partial charge in [0.2, 0.25) is 0 Å². The van der Waals surface area contributed by atoms with Crippen molar-refractivity contribution in [2.75, 3.05) is 14.7 Å². The zero-order valence-electron chi connectivity index (χ0n) is 29.4. The molecule has 0 aromatic heterocycles. The van der Waals surface area contributed by atoms with E-state index in [0.29, 0.717) is 0 Å². The van der Waals surface area contributed by atoms with Gasteiger partial charge in [0.15, 0.2) is 0 Å². The Morgan fingerprint density at radius 2 is 0.765 bits per heavy atom. The van der Waals surface area contributed by atoms with Gasteiger partial charge < -0.3 is 14.7 Å². The summed E-state index contributed by atoms with van der Waals surface area (Å²) in [6.07, 6.45) is 0. The van der Waals surface area contributed by atoms with Crippen molar-refractivity contribution < 1.29 is 0 Å². The van der Waals surface area contributed by atoms with Crippen LogP contribution in [0.2, 0.25) is 0 Å². The van der Waals surface area contributed by atoms with Gasteiger partial charge in [-0.05, 0) is 94.0 Å². The van der Waals surface area contributed by atoms with Gasteiger partial charge in [-0.3, -0.25) is 0 Å². The van der Waals surface area contributed by atoms with E-state index < -0.39 is 0 Å². The molecule has 51 heavy (non-hydrogen) atoms. The van der Waals surface area contributed by atoms with Crippen molar-refractivity contribution in [1.29, 1.82) is 0 Å². The van der Waals surface area contributed by atoms with Crippen molar-refractivity contribution in [2.24, 2.45) is 0 Å². The second-order valence-electron chi connectivity index (χ2n) is 15.1. The Hall–Kier alpha value is -6.06. The molecule has 0 spiro atoms. The molecule has 3 heteroatoms. The summed E-state index contributed by atoms with van der Waals surface area (Å²) in [7, 11) is 0.